The van der Waals surface area contributed by atoms with Gasteiger partial charge in [0.05, 0.1) is 6.61 Å². The number of aliphatic imine (C=N–C) groups is 1. The lowest BCUT2D eigenvalue weighted by Crippen LogP contribution is -2.51. The number of piperazine rings is 1. The van der Waals surface area contributed by atoms with Crippen LogP contribution in [-0.4, -0.2) is 48.7 Å². The first-order chi connectivity index (χ1) is 12.7. The highest BCUT2D eigenvalue weighted by Gasteiger charge is 2.18. The van der Waals surface area contributed by atoms with E-state index in [1.54, 1.807) is 0 Å². The molecule has 1 saturated heterocycles. The molecular weight excluding hydrogens is 348 g/mol. The number of rotatable bonds is 5. The summed E-state index contributed by atoms with van der Waals surface area (Å²) in [5.41, 5.74) is 9.49. The van der Waals surface area contributed by atoms with Gasteiger partial charge in [-0.1, -0.05) is 35.9 Å². The first kappa shape index (κ1) is 18.5. The van der Waals surface area contributed by atoms with Crippen molar-refractivity contribution in [2.75, 3.05) is 37.6 Å². The molecule has 0 amide bonds. The number of aliphatic hydroxyl groups is 1. The van der Waals surface area contributed by atoms with Crippen molar-refractivity contribution >= 4 is 23.2 Å². The number of hydrogen-bond acceptors (Lipinski definition) is 3. The summed E-state index contributed by atoms with van der Waals surface area (Å²) in [4.78, 5) is 9.01. The molecule has 26 heavy (non-hydrogen) atoms. The Hall–Kier alpha value is -2.24. The van der Waals surface area contributed by atoms with Crippen molar-refractivity contribution in [3.8, 4) is 0 Å². The van der Waals surface area contributed by atoms with E-state index in [0.717, 1.165) is 43.2 Å². The van der Waals surface area contributed by atoms with Crippen LogP contribution in [0.2, 0.25) is 5.02 Å². The third kappa shape index (κ3) is 4.90. The Morgan fingerprint density at radius 2 is 1.58 bits per heavy atom. The lowest BCUT2D eigenvalue weighted by atomic mass is 10.1. The van der Waals surface area contributed by atoms with Crippen molar-refractivity contribution in [2.24, 2.45) is 10.7 Å². The van der Waals surface area contributed by atoms with E-state index >= 15 is 0 Å². The smallest absolute Gasteiger partial charge is 0.191 e. The zero-order chi connectivity index (χ0) is 18.4. The van der Waals surface area contributed by atoms with E-state index in [-0.39, 0.29) is 6.61 Å². The zero-order valence-corrected chi connectivity index (χ0v) is 15.6. The number of benzene rings is 2. The van der Waals surface area contributed by atoms with Crippen LogP contribution in [0.5, 0.6) is 0 Å². The molecule has 1 aliphatic heterocycles. The highest BCUT2D eigenvalue weighted by Crippen LogP contribution is 2.19. The molecule has 0 aliphatic carbocycles. The van der Waals surface area contributed by atoms with Crippen LogP contribution < -0.4 is 10.6 Å². The molecular formula is C20H25ClN4O. The average molecular weight is 373 g/mol. The van der Waals surface area contributed by atoms with Gasteiger partial charge in [-0.3, -0.25) is 4.99 Å². The van der Waals surface area contributed by atoms with E-state index in [1.165, 1.54) is 11.3 Å². The Balaban J connectivity index is 1.47. The monoisotopic (exact) mass is 372 g/mol. The summed E-state index contributed by atoms with van der Waals surface area (Å²) in [6.07, 6.45) is 0.844. The summed E-state index contributed by atoms with van der Waals surface area (Å²) in [6.45, 7) is 4.31. The van der Waals surface area contributed by atoms with Crippen molar-refractivity contribution in [1.29, 1.82) is 0 Å². The first-order valence-corrected chi connectivity index (χ1v) is 9.27. The summed E-state index contributed by atoms with van der Waals surface area (Å²) < 4.78 is 0. The Bertz CT molecular complexity index is 722. The number of nitrogens with two attached hydrogens (primary N) is 1. The molecule has 1 aliphatic rings. The van der Waals surface area contributed by atoms with E-state index in [1.807, 2.05) is 36.4 Å². The lowest BCUT2D eigenvalue weighted by molar-refractivity contribution is 0.282. The maximum atomic E-state index is 9.07. The van der Waals surface area contributed by atoms with Crippen LogP contribution in [0.1, 0.15) is 11.1 Å². The fourth-order valence-corrected chi connectivity index (χ4v) is 3.18. The van der Waals surface area contributed by atoms with Gasteiger partial charge in [-0.05, 0) is 41.8 Å². The van der Waals surface area contributed by atoms with Gasteiger partial charge in [-0.25, -0.2) is 0 Å². The van der Waals surface area contributed by atoms with Crippen molar-refractivity contribution in [3.63, 3.8) is 0 Å². The van der Waals surface area contributed by atoms with Gasteiger partial charge in [0.1, 0.15) is 0 Å². The molecule has 0 unspecified atom stereocenters. The standard InChI is InChI=1S/C20H25ClN4O/c21-18-5-7-19(8-6-18)24-11-13-25(14-12-24)20(22)23-10-9-16-1-3-17(15-26)4-2-16/h1-8,26H,9-15H2,(H2,22,23). The molecule has 0 aromatic heterocycles. The molecule has 1 heterocycles. The van der Waals surface area contributed by atoms with Crippen LogP contribution in [0.4, 0.5) is 5.69 Å². The van der Waals surface area contributed by atoms with Gasteiger partial charge in [0.25, 0.3) is 0 Å². The second-order valence-electron chi connectivity index (χ2n) is 6.42. The van der Waals surface area contributed by atoms with Crippen LogP contribution in [-0.2, 0) is 13.0 Å². The molecule has 0 radical (unpaired) electrons. The lowest BCUT2D eigenvalue weighted by Gasteiger charge is -2.36. The van der Waals surface area contributed by atoms with E-state index in [9.17, 15) is 0 Å². The Labute approximate surface area is 159 Å². The van der Waals surface area contributed by atoms with Gasteiger partial charge in [-0.2, -0.15) is 0 Å². The van der Waals surface area contributed by atoms with Gasteiger partial charge in [0, 0.05) is 43.4 Å². The molecule has 2 aromatic rings. The van der Waals surface area contributed by atoms with Crippen molar-refractivity contribution in [3.05, 3.63) is 64.7 Å². The minimum Gasteiger partial charge on any atom is -0.392 e. The normalized spacial score (nSPS) is 15.4. The molecule has 6 heteroatoms. The first-order valence-electron chi connectivity index (χ1n) is 8.90. The quantitative estimate of drug-likeness (QED) is 0.625. The van der Waals surface area contributed by atoms with Gasteiger partial charge >= 0.3 is 0 Å². The predicted molar refractivity (Wildman–Crippen MR) is 108 cm³/mol. The molecule has 0 bridgehead atoms. The Morgan fingerprint density at radius 3 is 2.19 bits per heavy atom. The SMILES string of the molecule is NC(=NCCc1ccc(CO)cc1)N1CCN(c2ccc(Cl)cc2)CC1. The number of guanidine groups is 1. The summed E-state index contributed by atoms with van der Waals surface area (Å²) in [5.74, 6) is 0.618. The molecule has 0 atom stereocenters. The highest BCUT2D eigenvalue weighted by atomic mass is 35.5. The fourth-order valence-electron chi connectivity index (χ4n) is 3.06. The number of aliphatic hydroxyl groups excluding tert-OH is 1. The van der Waals surface area contributed by atoms with Crippen molar-refractivity contribution in [1.82, 2.24) is 4.90 Å². The Morgan fingerprint density at radius 1 is 0.962 bits per heavy atom. The maximum absolute atomic E-state index is 9.07. The minimum absolute atomic E-state index is 0.0768. The Kier molecular flexibility index (Phi) is 6.36. The average Bonchev–Trinajstić information content (AvgIpc) is 2.69. The second kappa shape index (κ2) is 8.92. The van der Waals surface area contributed by atoms with Crippen LogP contribution in [0.15, 0.2) is 53.5 Å². The zero-order valence-electron chi connectivity index (χ0n) is 14.8. The molecule has 138 valence electrons. The molecule has 0 spiro atoms. The van der Waals surface area contributed by atoms with Gasteiger partial charge in [0.15, 0.2) is 5.96 Å². The molecule has 1 fully saturated rings. The minimum atomic E-state index is 0.0768. The van der Waals surface area contributed by atoms with E-state index in [0.29, 0.717) is 12.5 Å². The van der Waals surface area contributed by atoms with Gasteiger partial charge in [0.2, 0.25) is 0 Å². The third-order valence-electron chi connectivity index (χ3n) is 4.68. The largest absolute Gasteiger partial charge is 0.392 e. The number of halogens is 1. The van der Waals surface area contributed by atoms with Crippen LogP contribution >= 0.6 is 11.6 Å². The molecule has 3 N–H and O–H groups in total. The summed E-state index contributed by atoms with van der Waals surface area (Å²) in [7, 11) is 0. The van der Waals surface area contributed by atoms with Crippen LogP contribution in [0.3, 0.4) is 0 Å². The topological polar surface area (TPSA) is 65.1 Å². The van der Waals surface area contributed by atoms with E-state index in [2.05, 4.69) is 26.9 Å². The van der Waals surface area contributed by atoms with E-state index < -0.39 is 0 Å². The van der Waals surface area contributed by atoms with Crippen molar-refractivity contribution in [2.45, 2.75) is 13.0 Å². The van der Waals surface area contributed by atoms with Crippen molar-refractivity contribution < 1.29 is 5.11 Å². The summed E-state index contributed by atoms with van der Waals surface area (Å²) >= 11 is 5.95. The van der Waals surface area contributed by atoms with E-state index in [4.69, 9.17) is 22.4 Å². The predicted octanol–water partition coefficient (Wildman–Crippen LogP) is 2.51. The molecule has 2 aromatic carbocycles. The highest BCUT2D eigenvalue weighted by molar-refractivity contribution is 6.30. The number of hydrogen-bond donors (Lipinski definition) is 2. The third-order valence-corrected chi connectivity index (χ3v) is 4.93. The maximum Gasteiger partial charge on any atom is 0.191 e. The van der Waals surface area contributed by atoms with Crippen LogP contribution in [0, 0.1) is 0 Å². The second-order valence-corrected chi connectivity index (χ2v) is 6.85. The molecule has 0 saturated carbocycles. The van der Waals surface area contributed by atoms with Gasteiger partial charge < -0.3 is 20.6 Å². The van der Waals surface area contributed by atoms with Gasteiger partial charge in [-0.15, -0.1) is 0 Å². The molecule has 3 rings (SSSR count). The summed E-state index contributed by atoms with van der Waals surface area (Å²) in [5, 5.41) is 9.83. The number of anilines is 1. The molecule has 5 nitrogen and oxygen atoms in total. The number of nitrogens with zero attached hydrogens (tertiary/aromatic N) is 3. The summed E-state index contributed by atoms with van der Waals surface area (Å²) in [6, 6.07) is 15.9. The fraction of sp³-hybridized carbons (Fsp3) is 0.350. The van der Waals surface area contributed by atoms with Crippen LogP contribution in [0.25, 0.3) is 0 Å².